The van der Waals surface area contributed by atoms with E-state index in [-0.39, 0.29) is 11.4 Å². The van der Waals surface area contributed by atoms with Gasteiger partial charge in [0.25, 0.3) is 5.91 Å². The van der Waals surface area contributed by atoms with Gasteiger partial charge in [-0.1, -0.05) is 0 Å². The number of nitrogens with zero attached hydrogens (tertiary/aromatic N) is 3. The Morgan fingerprint density at radius 2 is 2.29 bits per heavy atom. The van der Waals surface area contributed by atoms with Crippen LogP contribution < -0.4 is 11.1 Å². The number of anilines is 1. The number of nitrogens with two attached hydrogens (primary N) is 1. The van der Waals surface area contributed by atoms with E-state index in [2.05, 4.69) is 34.5 Å². The second-order valence-electron chi connectivity index (χ2n) is 5.75. The van der Waals surface area contributed by atoms with Crippen LogP contribution in [0.2, 0.25) is 0 Å². The van der Waals surface area contributed by atoms with Crippen LogP contribution >= 0.6 is 11.3 Å². The molecule has 1 aliphatic rings. The normalized spacial score (nSPS) is 16.9. The van der Waals surface area contributed by atoms with Crippen molar-refractivity contribution in [2.24, 2.45) is 0 Å². The number of fused-ring (bicyclic) bond motifs is 1. The van der Waals surface area contributed by atoms with E-state index in [4.69, 9.17) is 5.73 Å². The summed E-state index contributed by atoms with van der Waals surface area (Å²) in [6.07, 6.45) is 5.04. The molecule has 1 amide bonds. The summed E-state index contributed by atoms with van der Waals surface area (Å²) in [5, 5.41) is 11.7. The van der Waals surface area contributed by atoms with Crippen molar-refractivity contribution >= 4 is 33.1 Å². The lowest BCUT2D eigenvalue weighted by atomic mass is 9.75. The van der Waals surface area contributed by atoms with Gasteiger partial charge in [0.15, 0.2) is 0 Å². The standard InChI is InChI=1S/C14H19N5OS/c1-19(2)14(5-3-6-14)8-16-12(20)11-10(15)9-4-7-17-18-13(9)21-11/h4,7H,3,5-6,8,15H2,1-2H3,(H,16,20). The maximum Gasteiger partial charge on any atom is 0.263 e. The van der Waals surface area contributed by atoms with Gasteiger partial charge in [-0.05, 0) is 39.4 Å². The molecule has 21 heavy (non-hydrogen) atoms. The Labute approximate surface area is 127 Å². The Morgan fingerprint density at radius 1 is 1.52 bits per heavy atom. The molecule has 2 aromatic heterocycles. The van der Waals surface area contributed by atoms with Crippen molar-refractivity contribution in [2.45, 2.75) is 24.8 Å². The molecule has 2 aromatic rings. The van der Waals surface area contributed by atoms with E-state index in [1.807, 2.05) is 0 Å². The summed E-state index contributed by atoms with van der Waals surface area (Å²) in [6.45, 7) is 0.651. The largest absolute Gasteiger partial charge is 0.397 e. The zero-order valence-electron chi connectivity index (χ0n) is 12.2. The van der Waals surface area contributed by atoms with Gasteiger partial charge in [0.1, 0.15) is 9.71 Å². The topological polar surface area (TPSA) is 84.1 Å². The molecule has 3 N–H and O–H groups in total. The van der Waals surface area contributed by atoms with Crippen LogP contribution in [0, 0.1) is 0 Å². The highest BCUT2D eigenvalue weighted by atomic mass is 32.1. The van der Waals surface area contributed by atoms with E-state index >= 15 is 0 Å². The van der Waals surface area contributed by atoms with Crippen LogP contribution in [0.3, 0.4) is 0 Å². The molecule has 0 atom stereocenters. The lowest BCUT2D eigenvalue weighted by Gasteiger charge is -2.47. The molecule has 0 spiro atoms. The number of carbonyl (C=O) groups excluding carboxylic acids is 1. The summed E-state index contributed by atoms with van der Waals surface area (Å²) < 4.78 is 0. The van der Waals surface area contributed by atoms with E-state index in [1.54, 1.807) is 12.3 Å². The highest BCUT2D eigenvalue weighted by Crippen LogP contribution is 2.36. The fourth-order valence-electron chi connectivity index (χ4n) is 2.73. The molecule has 7 heteroatoms. The molecule has 0 bridgehead atoms. The van der Waals surface area contributed by atoms with Gasteiger partial charge >= 0.3 is 0 Å². The summed E-state index contributed by atoms with van der Waals surface area (Å²) in [7, 11) is 4.13. The van der Waals surface area contributed by atoms with Gasteiger partial charge in [-0.2, -0.15) is 5.10 Å². The Morgan fingerprint density at radius 3 is 2.86 bits per heavy atom. The number of thiophene rings is 1. The van der Waals surface area contributed by atoms with Gasteiger partial charge in [-0.25, -0.2) is 0 Å². The third kappa shape index (κ3) is 2.36. The molecule has 1 aliphatic carbocycles. The van der Waals surface area contributed by atoms with E-state index in [0.29, 0.717) is 21.9 Å². The summed E-state index contributed by atoms with van der Waals surface area (Å²) >= 11 is 1.29. The fraction of sp³-hybridized carbons (Fsp3) is 0.500. The van der Waals surface area contributed by atoms with Crippen molar-refractivity contribution in [3.63, 3.8) is 0 Å². The van der Waals surface area contributed by atoms with E-state index in [1.165, 1.54) is 17.8 Å². The van der Waals surface area contributed by atoms with Gasteiger partial charge in [0.05, 0.1) is 11.9 Å². The Balaban J connectivity index is 1.77. The molecule has 0 radical (unpaired) electrons. The maximum atomic E-state index is 12.4. The number of likely N-dealkylation sites (N-methyl/N-ethyl adjacent to an activating group) is 1. The number of rotatable bonds is 4. The van der Waals surface area contributed by atoms with E-state index < -0.39 is 0 Å². The number of nitrogen functional groups attached to an aromatic ring is 1. The third-order valence-corrected chi connectivity index (χ3v) is 5.54. The van der Waals surface area contributed by atoms with Crippen molar-refractivity contribution in [3.8, 4) is 0 Å². The zero-order chi connectivity index (χ0) is 15.0. The molecule has 112 valence electrons. The van der Waals surface area contributed by atoms with Crippen LogP contribution in [0.1, 0.15) is 28.9 Å². The molecular weight excluding hydrogens is 286 g/mol. The second kappa shape index (κ2) is 5.23. The van der Waals surface area contributed by atoms with Crippen molar-refractivity contribution in [1.82, 2.24) is 20.4 Å². The van der Waals surface area contributed by atoms with Gasteiger partial charge in [0, 0.05) is 17.5 Å². The fourth-order valence-corrected chi connectivity index (χ4v) is 3.69. The lowest BCUT2D eigenvalue weighted by molar-refractivity contribution is 0.0559. The van der Waals surface area contributed by atoms with Gasteiger partial charge in [-0.3, -0.25) is 4.79 Å². The van der Waals surface area contributed by atoms with Crippen LogP contribution in [-0.2, 0) is 0 Å². The number of amides is 1. The molecule has 2 heterocycles. The highest BCUT2D eigenvalue weighted by molar-refractivity contribution is 7.21. The zero-order valence-corrected chi connectivity index (χ0v) is 13.0. The summed E-state index contributed by atoms with van der Waals surface area (Å²) in [5.74, 6) is -0.122. The molecule has 0 saturated heterocycles. The van der Waals surface area contributed by atoms with Crippen molar-refractivity contribution < 1.29 is 4.79 Å². The second-order valence-corrected chi connectivity index (χ2v) is 6.75. The summed E-state index contributed by atoms with van der Waals surface area (Å²) in [5.41, 5.74) is 6.65. The van der Waals surface area contributed by atoms with Crippen LogP contribution in [-0.4, -0.2) is 47.2 Å². The van der Waals surface area contributed by atoms with Crippen LogP contribution in [0.5, 0.6) is 0 Å². The molecule has 3 rings (SSSR count). The Bertz CT molecular complexity index is 677. The smallest absolute Gasteiger partial charge is 0.263 e. The molecule has 0 aliphatic heterocycles. The third-order valence-electron chi connectivity index (χ3n) is 4.44. The first-order chi connectivity index (χ1) is 10.0. The molecule has 0 aromatic carbocycles. The summed E-state index contributed by atoms with van der Waals surface area (Å²) in [4.78, 5) is 15.8. The number of aromatic nitrogens is 2. The predicted molar refractivity (Wildman–Crippen MR) is 84.4 cm³/mol. The molecule has 0 unspecified atom stereocenters. The SMILES string of the molecule is CN(C)C1(CNC(=O)c2sc3nnccc3c2N)CCC1. The van der Waals surface area contributed by atoms with Crippen LogP contribution in [0.15, 0.2) is 12.3 Å². The predicted octanol–water partition coefficient (Wildman–Crippen LogP) is 1.49. The van der Waals surface area contributed by atoms with Crippen molar-refractivity contribution in [1.29, 1.82) is 0 Å². The summed E-state index contributed by atoms with van der Waals surface area (Å²) in [6, 6.07) is 1.79. The van der Waals surface area contributed by atoms with Crippen molar-refractivity contribution in [3.05, 3.63) is 17.1 Å². The van der Waals surface area contributed by atoms with Crippen LogP contribution in [0.25, 0.3) is 10.2 Å². The number of nitrogens with one attached hydrogen (secondary N) is 1. The molecular formula is C14H19N5OS. The molecule has 1 fully saturated rings. The average molecular weight is 305 g/mol. The molecule has 1 saturated carbocycles. The first-order valence-electron chi connectivity index (χ1n) is 6.99. The Kier molecular flexibility index (Phi) is 3.54. The van der Waals surface area contributed by atoms with Crippen molar-refractivity contribution in [2.75, 3.05) is 26.4 Å². The minimum absolute atomic E-state index is 0.0981. The lowest BCUT2D eigenvalue weighted by Crippen LogP contribution is -2.57. The monoisotopic (exact) mass is 305 g/mol. The van der Waals surface area contributed by atoms with Crippen LogP contribution in [0.4, 0.5) is 5.69 Å². The minimum atomic E-state index is -0.122. The van der Waals surface area contributed by atoms with Gasteiger partial charge < -0.3 is 16.0 Å². The Hall–Kier alpha value is -1.73. The number of carbonyl (C=O) groups is 1. The van der Waals surface area contributed by atoms with Gasteiger partial charge in [0.2, 0.25) is 0 Å². The quantitative estimate of drug-likeness (QED) is 0.894. The van der Waals surface area contributed by atoms with Gasteiger partial charge in [-0.15, -0.1) is 16.4 Å². The van der Waals surface area contributed by atoms with E-state index in [9.17, 15) is 4.79 Å². The number of hydrogen-bond donors (Lipinski definition) is 2. The molecule has 6 nitrogen and oxygen atoms in total. The minimum Gasteiger partial charge on any atom is -0.397 e. The average Bonchev–Trinajstić information content (AvgIpc) is 2.75. The first-order valence-corrected chi connectivity index (χ1v) is 7.80. The maximum absolute atomic E-state index is 12.4. The number of hydrogen-bond acceptors (Lipinski definition) is 6. The van der Waals surface area contributed by atoms with E-state index in [0.717, 1.165) is 18.2 Å². The highest BCUT2D eigenvalue weighted by Gasteiger charge is 2.39. The first kappa shape index (κ1) is 14.2.